The van der Waals surface area contributed by atoms with E-state index in [0.717, 1.165) is 11.3 Å². The molecule has 0 atom stereocenters. The highest BCUT2D eigenvalue weighted by atomic mass is 16.5. The van der Waals surface area contributed by atoms with E-state index >= 15 is 0 Å². The van der Waals surface area contributed by atoms with E-state index in [0.29, 0.717) is 22.8 Å². The molecule has 7 nitrogen and oxygen atoms in total. The molecule has 4 aromatic rings. The van der Waals surface area contributed by atoms with Crippen molar-refractivity contribution in [3.63, 3.8) is 0 Å². The minimum absolute atomic E-state index is 0.269. The van der Waals surface area contributed by atoms with Crippen molar-refractivity contribution in [2.24, 2.45) is 0 Å². The minimum Gasteiger partial charge on any atom is -0.493 e. The number of rotatable bonds is 8. The van der Waals surface area contributed by atoms with Crippen molar-refractivity contribution in [3.05, 3.63) is 96.2 Å². The Morgan fingerprint density at radius 3 is 2.18 bits per heavy atom. The normalized spacial score (nSPS) is 10.5. The van der Waals surface area contributed by atoms with E-state index in [1.54, 1.807) is 29.1 Å². The predicted molar refractivity (Wildman–Crippen MR) is 123 cm³/mol. The molecule has 7 heteroatoms. The van der Waals surface area contributed by atoms with Crippen LogP contribution >= 0.6 is 0 Å². The van der Waals surface area contributed by atoms with Gasteiger partial charge in [-0.3, -0.25) is 4.79 Å². The number of hydrogen-bond donors (Lipinski definition) is 0. The summed E-state index contributed by atoms with van der Waals surface area (Å²) >= 11 is 0. The molecule has 0 N–H and O–H groups in total. The van der Waals surface area contributed by atoms with Gasteiger partial charge in [0.25, 0.3) is 0 Å². The van der Waals surface area contributed by atoms with Crippen LogP contribution in [0.5, 0.6) is 11.5 Å². The third kappa shape index (κ3) is 4.77. The maximum atomic E-state index is 13.0. The number of nitrogens with zero attached hydrogens (tertiary/aromatic N) is 2. The van der Waals surface area contributed by atoms with E-state index in [9.17, 15) is 9.59 Å². The zero-order valence-electron chi connectivity index (χ0n) is 18.2. The second kappa shape index (κ2) is 9.82. The molecule has 0 radical (unpaired) electrons. The second-order valence-corrected chi connectivity index (χ2v) is 7.11. The van der Waals surface area contributed by atoms with Gasteiger partial charge in [-0.2, -0.15) is 5.10 Å². The molecular weight excluding hydrogens is 420 g/mol. The molecule has 0 aliphatic carbocycles. The van der Waals surface area contributed by atoms with Gasteiger partial charge in [-0.25, -0.2) is 9.48 Å². The highest BCUT2D eigenvalue weighted by Crippen LogP contribution is 2.28. The van der Waals surface area contributed by atoms with Crippen LogP contribution in [-0.4, -0.2) is 42.4 Å². The van der Waals surface area contributed by atoms with Gasteiger partial charge in [0.05, 0.1) is 19.9 Å². The first-order chi connectivity index (χ1) is 16.1. The summed E-state index contributed by atoms with van der Waals surface area (Å²) in [7, 11) is 3.00. The number of para-hydroxylation sites is 1. The summed E-state index contributed by atoms with van der Waals surface area (Å²) in [5.74, 6) is -0.0667. The minimum atomic E-state index is -0.634. The van der Waals surface area contributed by atoms with E-state index in [2.05, 4.69) is 5.10 Å². The molecule has 166 valence electrons. The molecule has 0 amide bonds. The molecule has 0 saturated carbocycles. The first-order valence-corrected chi connectivity index (χ1v) is 10.2. The van der Waals surface area contributed by atoms with Crippen molar-refractivity contribution in [2.75, 3.05) is 20.8 Å². The van der Waals surface area contributed by atoms with Crippen LogP contribution < -0.4 is 9.47 Å². The van der Waals surface area contributed by atoms with Gasteiger partial charge in [-0.1, -0.05) is 48.5 Å². The molecule has 0 fully saturated rings. The Balaban J connectivity index is 1.57. The Labute approximate surface area is 191 Å². The quantitative estimate of drug-likeness (QED) is 0.293. The SMILES string of the molecule is COc1ccc(C(=O)COC(=O)c2cn(-c3ccccc3)nc2-c2ccccc2)cc1OC. The fourth-order valence-electron chi connectivity index (χ4n) is 3.35. The average molecular weight is 442 g/mol. The van der Waals surface area contributed by atoms with Crippen LogP contribution in [0.25, 0.3) is 16.9 Å². The van der Waals surface area contributed by atoms with Crippen molar-refractivity contribution >= 4 is 11.8 Å². The Morgan fingerprint density at radius 2 is 1.52 bits per heavy atom. The summed E-state index contributed by atoms with van der Waals surface area (Å²) < 4.78 is 17.4. The number of carbonyl (C=O) groups is 2. The number of carbonyl (C=O) groups excluding carboxylic acids is 2. The number of esters is 1. The topological polar surface area (TPSA) is 79.7 Å². The molecule has 0 saturated heterocycles. The molecule has 3 aromatic carbocycles. The molecule has 1 aromatic heterocycles. The Bertz CT molecular complexity index is 1270. The van der Waals surface area contributed by atoms with Gasteiger partial charge < -0.3 is 14.2 Å². The summed E-state index contributed by atoms with van der Waals surface area (Å²) in [6, 6.07) is 23.6. The number of aromatic nitrogens is 2. The smallest absolute Gasteiger partial charge is 0.342 e. The molecule has 0 unspecified atom stereocenters. The highest BCUT2D eigenvalue weighted by Gasteiger charge is 2.21. The maximum absolute atomic E-state index is 13.0. The Kier molecular flexibility index (Phi) is 6.50. The van der Waals surface area contributed by atoms with E-state index in [1.165, 1.54) is 14.2 Å². The molecule has 0 bridgehead atoms. The fourth-order valence-corrected chi connectivity index (χ4v) is 3.35. The monoisotopic (exact) mass is 442 g/mol. The molecule has 4 rings (SSSR count). The van der Waals surface area contributed by atoms with Crippen molar-refractivity contribution in [3.8, 4) is 28.4 Å². The lowest BCUT2D eigenvalue weighted by Crippen LogP contribution is -2.14. The van der Waals surface area contributed by atoms with Gasteiger partial charge in [-0.05, 0) is 30.3 Å². The number of hydrogen-bond acceptors (Lipinski definition) is 6. The van der Waals surface area contributed by atoms with Crippen LogP contribution in [-0.2, 0) is 4.74 Å². The fraction of sp³-hybridized carbons (Fsp3) is 0.115. The van der Waals surface area contributed by atoms with Crippen LogP contribution in [0.1, 0.15) is 20.7 Å². The van der Waals surface area contributed by atoms with Crippen LogP contribution in [0.4, 0.5) is 0 Å². The summed E-state index contributed by atoms with van der Waals surface area (Å²) in [5.41, 5.74) is 2.66. The molecule has 1 heterocycles. The van der Waals surface area contributed by atoms with E-state index in [4.69, 9.17) is 14.2 Å². The predicted octanol–water partition coefficient (Wildman–Crippen LogP) is 4.60. The number of ketones is 1. The first kappa shape index (κ1) is 21.8. The van der Waals surface area contributed by atoms with Crippen molar-refractivity contribution < 1.29 is 23.8 Å². The van der Waals surface area contributed by atoms with Crippen molar-refractivity contribution in [1.82, 2.24) is 9.78 Å². The van der Waals surface area contributed by atoms with Gasteiger partial charge in [-0.15, -0.1) is 0 Å². The molecule has 33 heavy (non-hydrogen) atoms. The summed E-state index contributed by atoms with van der Waals surface area (Å²) in [6.07, 6.45) is 1.61. The van der Waals surface area contributed by atoms with E-state index in [-0.39, 0.29) is 11.3 Å². The lowest BCUT2D eigenvalue weighted by Gasteiger charge is -2.09. The Morgan fingerprint density at radius 1 is 0.848 bits per heavy atom. The maximum Gasteiger partial charge on any atom is 0.342 e. The van der Waals surface area contributed by atoms with E-state index < -0.39 is 12.6 Å². The molecule has 0 aliphatic heterocycles. The zero-order valence-corrected chi connectivity index (χ0v) is 18.2. The third-order valence-corrected chi connectivity index (χ3v) is 5.04. The van der Waals surface area contributed by atoms with Gasteiger partial charge in [0, 0.05) is 17.3 Å². The lowest BCUT2D eigenvalue weighted by atomic mass is 10.1. The number of benzene rings is 3. The van der Waals surface area contributed by atoms with Crippen LogP contribution in [0, 0.1) is 0 Å². The summed E-state index contributed by atoms with van der Waals surface area (Å²) in [4.78, 5) is 25.6. The molecular formula is C26H22N2O5. The van der Waals surface area contributed by atoms with E-state index in [1.807, 2.05) is 60.7 Å². The van der Waals surface area contributed by atoms with Crippen LogP contribution in [0.3, 0.4) is 0 Å². The van der Waals surface area contributed by atoms with Crippen molar-refractivity contribution in [1.29, 1.82) is 0 Å². The number of ether oxygens (including phenoxy) is 3. The number of methoxy groups -OCH3 is 2. The van der Waals surface area contributed by atoms with Gasteiger partial charge in [0.1, 0.15) is 11.3 Å². The molecule has 0 aliphatic rings. The average Bonchev–Trinajstić information content (AvgIpc) is 3.33. The van der Waals surface area contributed by atoms with Gasteiger partial charge in [0.15, 0.2) is 23.9 Å². The summed E-state index contributed by atoms with van der Waals surface area (Å²) in [5, 5.41) is 4.60. The number of Topliss-reactive ketones (excluding diaryl/α,β-unsaturated/α-hetero) is 1. The second-order valence-electron chi connectivity index (χ2n) is 7.11. The third-order valence-electron chi connectivity index (χ3n) is 5.04. The van der Waals surface area contributed by atoms with Crippen LogP contribution in [0.2, 0.25) is 0 Å². The van der Waals surface area contributed by atoms with Gasteiger partial charge >= 0.3 is 5.97 Å². The first-order valence-electron chi connectivity index (χ1n) is 10.2. The van der Waals surface area contributed by atoms with Crippen molar-refractivity contribution in [2.45, 2.75) is 0 Å². The van der Waals surface area contributed by atoms with Crippen LogP contribution in [0.15, 0.2) is 85.1 Å². The highest BCUT2D eigenvalue weighted by molar-refractivity contribution is 6.01. The Hall–Kier alpha value is -4.39. The van der Waals surface area contributed by atoms with Gasteiger partial charge in [0.2, 0.25) is 0 Å². The zero-order chi connectivity index (χ0) is 23.2. The standard InChI is InChI=1S/C26H22N2O5/c1-31-23-14-13-19(15-24(23)32-2)22(29)17-33-26(30)21-16-28(20-11-7-4-8-12-20)27-25(21)18-9-5-3-6-10-18/h3-16H,17H2,1-2H3. The molecule has 0 spiro atoms. The largest absolute Gasteiger partial charge is 0.493 e. The lowest BCUT2D eigenvalue weighted by molar-refractivity contribution is 0.0475. The summed E-state index contributed by atoms with van der Waals surface area (Å²) in [6.45, 7) is -0.418.